The summed E-state index contributed by atoms with van der Waals surface area (Å²) in [4.78, 5) is 40.7. The van der Waals surface area contributed by atoms with Crippen molar-refractivity contribution in [3.8, 4) is 0 Å². The molecule has 9 heteroatoms. The molecular weight excluding hydrogens is 442 g/mol. The third-order valence-electron chi connectivity index (χ3n) is 5.09. The lowest BCUT2D eigenvalue weighted by Gasteiger charge is -2.27. The Balaban J connectivity index is 1.44. The van der Waals surface area contributed by atoms with Gasteiger partial charge in [0, 0.05) is 73.1 Å². The molecule has 0 bridgehead atoms. The van der Waals surface area contributed by atoms with E-state index in [1.807, 2.05) is 22.4 Å². The van der Waals surface area contributed by atoms with Crippen LogP contribution in [0.25, 0.3) is 6.08 Å². The van der Waals surface area contributed by atoms with Crippen molar-refractivity contribution in [1.29, 1.82) is 0 Å². The van der Waals surface area contributed by atoms with Crippen molar-refractivity contribution in [1.82, 2.24) is 14.9 Å². The maximum Gasteiger partial charge on any atom is 0.249 e. The van der Waals surface area contributed by atoms with Crippen molar-refractivity contribution in [3.63, 3.8) is 0 Å². The number of aliphatic imine (C=N–C) groups is 1. The molecule has 4 rings (SSSR count). The molecular formula is C23H23N5O2S2. The van der Waals surface area contributed by atoms with Gasteiger partial charge in [0.1, 0.15) is 5.00 Å². The first-order chi connectivity index (χ1) is 15.6. The predicted octanol–water partition coefficient (Wildman–Crippen LogP) is 3.82. The zero-order valence-electron chi connectivity index (χ0n) is 17.7. The minimum absolute atomic E-state index is 0.134. The molecule has 0 atom stereocenters. The Morgan fingerprint density at radius 3 is 3.00 bits per heavy atom. The zero-order valence-corrected chi connectivity index (χ0v) is 19.3. The lowest BCUT2D eigenvalue weighted by Crippen LogP contribution is -2.35. The number of aryl methyl sites for hydroxylation is 1. The standard InChI is InChI=1S/C23H23N5O2S2/c1-24-14-18-17-8-11-28(22(30)7-6-21-26-10-12-31-21)15-19(17)32-23(18)27-20(29)5-4-16-3-2-9-25-13-16/h2-5,9-10,12-14H,6-8,11,15H2,1H3,(H,27,29)/b5-4+,24-14?. The van der Waals surface area contributed by atoms with E-state index < -0.39 is 0 Å². The highest BCUT2D eigenvalue weighted by Gasteiger charge is 2.26. The van der Waals surface area contributed by atoms with Gasteiger partial charge in [0.25, 0.3) is 0 Å². The molecule has 3 aromatic heterocycles. The Morgan fingerprint density at radius 1 is 1.34 bits per heavy atom. The number of thiazole rings is 1. The van der Waals surface area contributed by atoms with Crippen LogP contribution < -0.4 is 5.32 Å². The van der Waals surface area contributed by atoms with Crippen LogP contribution >= 0.6 is 22.7 Å². The minimum Gasteiger partial charge on any atom is -0.337 e. The summed E-state index contributed by atoms with van der Waals surface area (Å²) in [6, 6.07) is 3.71. The summed E-state index contributed by atoms with van der Waals surface area (Å²) < 4.78 is 0. The summed E-state index contributed by atoms with van der Waals surface area (Å²) in [5.74, 6) is -0.0791. The average Bonchev–Trinajstić information content (AvgIpc) is 3.45. The number of amides is 2. The van der Waals surface area contributed by atoms with Crippen molar-refractivity contribution < 1.29 is 9.59 Å². The van der Waals surface area contributed by atoms with Crippen molar-refractivity contribution >= 4 is 51.8 Å². The zero-order chi connectivity index (χ0) is 22.3. The third-order valence-corrected chi connectivity index (χ3v) is 7.08. The SMILES string of the molecule is CN=Cc1c(NC(=O)/C=C/c2cccnc2)sc2c1CCN(C(=O)CCc1nccs1)C2. The van der Waals surface area contributed by atoms with Gasteiger partial charge < -0.3 is 10.2 Å². The number of carbonyl (C=O) groups excluding carboxylic acids is 2. The molecule has 1 aliphatic heterocycles. The lowest BCUT2D eigenvalue weighted by molar-refractivity contribution is -0.132. The highest BCUT2D eigenvalue weighted by Crippen LogP contribution is 2.36. The molecule has 0 spiro atoms. The topological polar surface area (TPSA) is 87.5 Å². The first kappa shape index (κ1) is 22.0. The van der Waals surface area contributed by atoms with E-state index in [1.54, 1.807) is 49.3 Å². The normalized spacial score (nSPS) is 13.6. The van der Waals surface area contributed by atoms with E-state index >= 15 is 0 Å². The molecule has 4 heterocycles. The molecule has 0 fully saturated rings. The predicted molar refractivity (Wildman–Crippen MR) is 129 cm³/mol. The van der Waals surface area contributed by atoms with Crippen LogP contribution in [0.3, 0.4) is 0 Å². The Morgan fingerprint density at radius 2 is 2.25 bits per heavy atom. The van der Waals surface area contributed by atoms with Gasteiger partial charge in [-0.1, -0.05) is 6.07 Å². The van der Waals surface area contributed by atoms with Crippen LogP contribution in [0.2, 0.25) is 0 Å². The summed E-state index contributed by atoms with van der Waals surface area (Å²) in [6.07, 6.45) is 12.0. The van der Waals surface area contributed by atoms with Gasteiger partial charge in [0.15, 0.2) is 0 Å². The van der Waals surface area contributed by atoms with E-state index in [-0.39, 0.29) is 11.8 Å². The van der Waals surface area contributed by atoms with E-state index in [0.717, 1.165) is 38.0 Å². The maximum absolute atomic E-state index is 12.7. The highest BCUT2D eigenvalue weighted by atomic mass is 32.1. The summed E-state index contributed by atoms with van der Waals surface area (Å²) in [6.45, 7) is 1.22. The smallest absolute Gasteiger partial charge is 0.249 e. The van der Waals surface area contributed by atoms with Gasteiger partial charge in [-0.25, -0.2) is 4.98 Å². The number of carbonyl (C=O) groups is 2. The number of hydrogen-bond acceptors (Lipinski definition) is 7. The van der Waals surface area contributed by atoms with Crippen molar-refractivity contribution in [2.45, 2.75) is 25.8 Å². The molecule has 32 heavy (non-hydrogen) atoms. The fourth-order valence-corrected chi connectivity index (χ4v) is 5.41. The molecule has 0 radical (unpaired) electrons. The van der Waals surface area contributed by atoms with Crippen LogP contribution in [-0.2, 0) is 29.0 Å². The molecule has 164 valence electrons. The minimum atomic E-state index is -0.213. The van der Waals surface area contributed by atoms with Gasteiger partial charge in [-0.3, -0.25) is 19.6 Å². The Labute approximate surface area is 194 Å². The number of nitrogens with zero attached hydrogens (tertiary/aromatic N) is 4. The fraction of sp³-hybridized carbons (Fsp3) is 0.261. The van der Waals surface area contributed by atoms with Gasteiger partial charge in [-0.05, 0) is 29.7 Å². The Hall–Kier alpha value is -3.17. The van der Waals surface area contributed by atoms with Gasteiger partial charge in [-0.2, -0.15) is 0 Å². The molecule has 3 aromatic rings. The summed E-state index contributed by atoms with van der Waals surface area (Å²) in [5.41, 5.74) is 2.96. The second kappa shape index (κ2) is 10.4. The van der Waals surface area contributed by atoms with Crippen LogP contribution in [0.5, 0.6) is 0 Å². The fourth-order valence-electron chi connectivity index (χ4n) is 3.55. The first-order valence-corrected chi connectivity index (χ1v) is 12.0. The first-order valence-electron chi connectivity index (χ1n) is 10.3. The molecule has 1 N–H and O–H groups in total. The van der Waals surface area contributed by atoms with Crippen LogP contribution in [0.4, 0.5) is 5.00 Å². The highest BCUT2D eigenvalue weighted by molar-refractivity contribution is 7.17. The van der Waals surface area contributed by atoms with Crippen LogP contribution in [0.15, 0.2) is 47.2 Å². The average molecular weight is 466 g/mol. The molecule has 0 unspecified atom stereocenters. The number of fused-ring (bicyclic) bond motifs is 1. The van der Waals surface area contributed by atoms with E-state index in [4.69, 9.17) is 0 Å². The summed E-state index contributed by atoms with van der Waals surface area (Å²) in [7, 11) is 1.72. The van der Waals surface area contributed by atoms with Gasteiger partial charge in [0.05, 0.1) is 11.6 Å². The molecule has 7 nitrogen and oxygen atoms in total. The van der Waals surface area contributed by atoms with E-state index in [9.17, 15) is 9.59 Å². The summed E-state index contributed by atoms with van der Waals surface area (Å²) >= 11 is 3.09. The van der Waals surface area contributed by atoms with Crippen molar-refractivity contribution in [3.05, 3.63) is 68.8 Å². The van der Waals surface area contributed by atoms with Crippen LogP contribution in [0, 0.1) is 0 Å². The molecule has 2 amide bonds. The van der Waals surface area contributed by atoms with Gasteiger partial charge in [0.2, 0.25) is 11.8 Å². The number of thiophene rings is 1. The van der Waals surface area contributed by atoms with Crippen molar-refractivity contribution in [2.75, 3.05) is 18.9 Å². The molecule has 1 aliphatic rings. The number of nitrogens with one attached hydrogen (secondary N) is 1. The lowest BCUT2D eigenvalue weighted by atomic mass is 10.0. The van der Waals surface area contributed by atoms with Crippen LogP contribution in [0.1, 0.15) is 33.0 Å². The van der Waals surface area contributed by atoms with Crippen LogP contribution in [-0.4, -0.2) is 46.5 Å². The van der Waals surface area contributed by atoms with Gasteiger partial charge >= 0.3 is 0 Å². The molecule has 0 saturated heterocycles. The molecule has 0 aliphatic carbocycles. The van der Waals surface area contributed by atoms with Gasteiger partial charge in [-0.15, -0.1) is 22.7 Å². The van der Waals surface area contributed by atoms with E-state index in [0.29, 0.717) is 25.9 Å². The Kier molecular flexibility index (Phi) is 7.18. The number of aromatic nitrogens is 2. The quantitative estimate of drug-likeness (QED) is 0.424. The number of anilines is 1. The molecule has 0 aromatic carbocycles. The molecule has 0 saturated carbocycles. The number of pyridine rings is 1. The maximum atomic E-state index is 12.7. The van der Waals surface area contributed by atoms with Crippen molar-refractivity contribution in [2.24, 2.45) is 4.99 Å². The Bertz CT molecular complexity index is 1140. The third kappa shape index (κ3) is 5.35. The van der Waals surface area contributed by atoms with E-state index in [2.05, 4.69) is 20.3 Å². The summed E-state index contributed by atoms with van der Waals surface area (Å²) in [5, 5.41) is 6.66. The second-order valence-electron chi connectivity index (χ2n) is 7.23. The largest absolute Gasteiger partial charge is 0.337 e. The second-order valence-corrected chi connectivity index (χ2v) is 9.32. The number of rotatable bonds is 7. The monoisotopic (exact) mass is 465 g/mol. The number of hydrogen-bond donors (Lipinski definition) is 1. The van der Waals surface area contributed by atoms with E-state index in [1.165, 1.54) is 17.4 Å².